The summed E-state index contributed by atoms with van der Waals surface area (Å²) in [4.78, 5) is 16.1. The highest BCUT2D eigenvalue weighted by Gasteiger charge is 2.04. The summed E-state index contributed by atoms with van der Waals surface area (Å²) in [5.74, 6) is -0.0922. The summed E-state index contributed by atoms with van der Waals surface area (Å²) in [5, 5.41) is 8.76. The van der Waals surface area contributed by atoms with E-state index in [1.54, 1.807) is 12.4 Å². The maximum absolute atomic E-state index is 12.0. The number of halogens is 1. The lowest BCUT2D eigenvalue weighted by Gasteiger charge is -2.08. The number of fused-ring (bicyclic) bond motifs is 1. The maximum Gasteiger partial charge on any atom is 0.238 e. The predicted molar refractivity (Wildman–Crippen MR) is 93.5 cm³/mol. The molecule has 0 saturated carbocycles. The lowest BCUT2D eigenvalue weighted by atomic mass is 10.1. The first-order chi connectivity index (χ1) is 11.2. The number of hydrogen-bond donors (Lipinski definition) is 2. The number of anilines is 1. The number of carbonyl (C=O) groups is 1. The van der Waals surface area contributed by atoms with Gasteiger partial charge < -0.3 is 10.6 Å². The Labute approximate surface area is 139 Å². The molecule has 4 nitrogen and oxygen atoms in total. The fourth-order valence-electron chi connectivity index (χ4n) is 2.32. The lowest BCUT2D eigenvalue weighted by Crippen LogP contribution is -2.27. The third-order valence-electron chi connectivity index (χ3n) is 3.48. The molecule has 3 aromatic rings. The zero-order valence-electron chi connectivity index (χ0n) is 12.4. The van der Waals surface area contributed by atoms with Crippen molar-refractivity contribution in [1.29, 1.82) is 0 Å². The van der Waals surface area contributed by atoms with Gasteiger partial charge >= 0.3 is 0 Å². The van der Waals surface area contributed by atoms with Gasteiger partial charge in [-0.15, -0.1) is 0 Å². The van der Waals surface area contributed by atoms with E-state index in [0.717, 1.165) is 22.0 Å². The minimum atomic E-state index is -0.0922. The highest BCUT2D eigenvalue weighted by molar-refractivity contribution is 6.31. The molecule has 23 heavy (non-hydrogen) atoms. The average Bonchev–Trinajstić information content (AvgIpc) is 2.56. The molecule has 0 aliphatic carbocycles. The van der Waals surface area contributed by atoms with Gasteiger partial charge in [-0.25, -0.2) is 0 Å². The Morgan fingerprint density at radius 1 is 1.09 bits per heavy atom. The van der Waals surface area contributed by atoms with Gasteiger partial charge in [0.05, 0.1) is 6.54 Å². The summed E-state index contributed by atoms with van der Waals surface area (Å²) >= 11 is 6.08. The summed E-state index contributed by atoms with van der Waals surface area (Å²) < 4.78 is 0. The first-order valence-corrected chi connectivity index (χ1v) is 7.68. The molecule has 0 fully saturated rings. The van der Waals surface area contributed by atoms with Crippen LogP contribution in [-0.2, 0) is 11.3 Å². The molecule has 5 heteroatoms. The van der Waals surface area contributed by atoms with Crippen LogP contribution < -0.4 is 10.6 Å². The van der Waals surface area contributed by atoms with Gasteiger partial charge in [0, 0.05) is 35.0 Å². The quantitative estimate of drug-likeness (QED) is 0.753. The molecule has 0 spiro atoms. The summed E-state index contributed by atoms with van der Waals surface area (Å²) in [6.07, 6.45) is 3.53. The predicted octanol–water partition coefficient (Wildman–Crippen LogP) is 3.62. The molecule has 0 aliphatic heterocycles. The summed E-state index contributed by atoms with van der Waals surface area (Å²) in [7, 11) is 0. The summed E-state index contributed by atoms with van der Waals surface area (Å²) in [6, 6.07) is 15.2. The SMILES string of the molecule is O=C(CNCc1ccccc1Cl)Nc1ccc2cnccc2c1. The van der Waals surface area contributed by atoms with Gasteiger partial charge in [0.2, 0.25) is 5.91 Å². The van der Waals surface area contributed by atoms with Crippen molar-refractivity contribution in [3.05, 3.63) is 71.5 Å². The van der Waals surface area contributed by atoms with Crippen molar-refractivity contribution in [3.8, 4) is 0 Å². The van der Waals surface area contributed by atoms with Crippen molar-refractivity contribution in [3.63, 3.8) is 0 Å². The third-order valence-corrected chi connectivity index (χ3v) is 3.85. The fourth-order valence-corrected chi connectivity index (χ4v) is 2.52. The Morgan fingerprint density at radius 3 is 2.83 bits per heavy atom. The van der Waals surface area contributed by atoms with Crippen molar-refractivity contribution < 1.29 is 4.79 Å². The molecule has 0 atom stereocenters. The van der Waals surface area contributed by atoms with E-state index >= 15 is 0 Å². The number of nitrogens with zero attached hydrogens (tertiary/aromatic N) is 1. The highest BCUT2D eigenvalue weighted by Crippen LogP contribution is 2.18. The van der Waals surface area contributed by atoms with E-state index in [4.69, 9.17) is 11.6 Å². The molecule has 1 aromatic heterocycles. The minimum Gasteiger partial charge on any atom is -0.325 e. The lowest BCUT2D eigenvalue weighted by molar-refractivity contribution is -0.115. The number of aromatic nitrogens is 1. The second kappa shape index (κ2) is 7.22. The van der Waals surface area contributed by atoms with Crippen LogP contribution in [0.5, 0.6) is 0 Å². The maximum atomic E-state index is 12.0. The molecule has 0 radical (unpaired) electrons. The number of rotatable bonds is 5. The van der Waals surface area contributed by atoms with Crippen molar-refractivity contribution in [2.45, 2.75) is 6.54 Å². The second-order valence-corrected chi connectivity index (χ2v) is 5.59. The Balaban J connectivity index is 1.55. The molecule has 0 bridgehead atoms. The van der Waals surface area contributed by atoms with Crippen molar-refractivity contribution in [1.82, 2.24) is 10.3 Å². The van der Waals surface area contributed by atoms with E-state index in [1.807, 2.05) is 48.5 Å². The van der Waals surface area contributed by atoms with Gasteiger partial charge in [-0.2, -0.15) is 0 Å². The van der Waals surface area contributed by atoms with Crippen LogP contribution in [0.2, 0.25) is 5.02 Å². The topological polar surface area (TPSA) is 54.0 Å². The van der Waals surface area contributed by atoms with E-state index in [2.05, 4.69) is 15.6 Å². The molecule has 1 amide bonds. The molecule has 3 rings (SSSR count). The highest BCUT2D eigenvalue weighted by atomic mass is 35.5. The van der Waals surface area contributed by atoms with Crippen molar-refractivity contribution >= 4 is 34.0 Å². The van der Waals surface area contributed by atoms with Crippen LogP contribution >= 0.6 is 11.6 Å². The zero-order valence-corrected chi connectivity index (χ0v) is 13.2. The number of benzene rings is 2. The molecular formula is C18H16ClN3O. The molecular weight excluding hydrogens is 310 g/mol. The zero-order chi connectivity index (χ0) is 16.1. The Hall–Kier alpha value is -2.43. The van der Waals surface area contributed by atoms with Crippen LogP contribution in [-0.4, -0.2) is 17.4 Å². The first-order valence-electron chi connectivity index (χ1n) is 7.30. The number of hydrogen-bond acceptors (Lipinski definition) is 3. The molecule has 2 aromatic carbocycles. The van der Waals surface area contributed by atoms with Gasteiger partial charge in [0.15, 0.2) is 0 Å². The van der Waals surface area contributed by atoms with Gasteiger partial charge in [-0.1, -0.05) is 35.9 Å². The van der Waals surface area contributed by atoms with Crippen LogP contribution in [0.4, 0.5) is 5.69 Å². The largest absolute Gasteiger partial charge is 0.325 e. The molecule has 0 saturated heterocycles. The normalized spacial score (nSPS) is 10.7. The van der Waals surface area contributed by atoms with E-state index in [0.29, 0.717) is 11.6 Å². The molecule has 2 N–H and O–H groups in total. The average molecular weight is 326 g/mol. The van der Waals surface area contributed by atoms with Gasteiger partial charge in [0.25, 0.3) is 0 Å². The van der Waals surface area contributed by atoms with Gasteiger partial charge in [0.1, 0.15) is 0 Å². The molecule has 0 aliphatic rings. The van der Waals surface area contributed by atoms with Crippen molar-refractivity contribution in [2.75, 3.05) is 11.9 Å². The Bertz CT molecular complexity index is 835. The number of pyridine rings is 1. The van der Waals surface area contributed by atoms with Gasteiger partial charge in [-0.05, 0) is 35.2 Å². The smallest absolute Gasteiger partial charge is 0.238 e. The van der Waals surface area contributed by atoms with E-state index in [9.17, 15) is 4.79 Å². The molecule has 0 unspecified atom stereocenters. The Kier molecular flexibility index (Phi) is 4.86. The third kappa shape index (κ3) is 4.06. The number of nitrogens with one attached hydrogen (secondary N) is 2. The summed E-state index contributed by atoms with van der Waals surface area (Å²) in [6.45, 7) is 0.774. The standard InChI is InChI=1S/C18H16ClN3O/c19-17-4-2-1-3-15(17)11-21-12-18(23)22-16-6-5-14-10-20-8-7-13(14)9-16/h1-10,21H,11-12H2,(H,22,23). The molecule has 116 valence electrons. The second-order valence-electron chi connectivity index (χ2n) is 5.18. The number of carbonyl (C=O) groups excluding carboxylic acids is 1. The fraction of sp³-hybridized carbons (Fsp3) is 0.111. The molecule has 1 heterocycles. The van der Waals surface area contributed by atoms with E-state index < -0.39 is 0 Å². The number of amides is 1. The van der Waals surface area contributed by atoms with Crippen molar-refractivity contribution in [2.24, 2.45) is 0 Å². The Morgan fingerprint density at radius 2 is 1.96 bits per heavy atom. The monoisotopic (exact) mass is 325 g/mol. The summed E-state index contributed by atoms with van der Waals surface area (Å²) in [5.41, 5.74) is 1.74. The van der Waals surface area contributed by atoms with Crippen LogP contribution in [0, 0.1) is 0 Å². The van der Waals surface area contributed by atoms with E-state index in [1.165, 1.54) is 0 Å². The first kappa shape index (κ1) is 15.5. The van der Waals surface area contributed by atoms with E-state index in [-0.39, 0.29) is 12.5 Å². The minimum absolute atomic E-state index is 0.0922. The van der Waals surface area contributed by atoms with Crippen LogP contribution in [0.15, 0.2) is 60.9 Å². The van der Waals surface area contributed by atoms with Gasteiger partial charge in [-0.3, -0.25) is 9.78 Å². The van der Waals surface area contributed by atoms with Crippen LogP contribution in [0.25, 0.3) is 10.8 Å². The van der Waals surface area contributed by atoms with Crippen LogP contribution in [0.1, 0.15) is 5.56 Å². The van der Waals surface area contributed by atoms with Crippen LogP contribution in [0.3, 0.4) is 0 Å².